The summed E-state index contributed by atoms with van der Waals surface area (Å²) >= 11 is 0. The summed E-state index contributed by atoms with van der Waals surface area (Å²) in [5.74, 6) is 1.28. The molecule has 3 rings (SSSR count). The van der Waals surface area contributed by atoms with Crippen molar-refractivity contribution in [2.24, 2.45) is 10.9 Å². The number of ether oxygens (including phenoxy) is 2. The van der Waals surface area contributed by atoms with E-state index in [1.54, 1.807) is 7.11 Å². The van der Waals surface area contributed by atoms with Crippen LogP contribution in [0.15, 0.2) is 53.5 Å². The number of nitrogens with zero attached hydrogens (tertiary/aromatic N) is 1. The number of hydrogen-bond acceptors (Lipinski definition) is 3. The van der Waals surface area contributed by atoms with Crippen molar-refractivity contribution in [1.29, 1.82) is 0 Å². The summed E-state index contributed by atoms with van der Waals surface area (Å²) in [5, 5.41) is 6.91. The Morgan fingerprint density at radius 3 is 2.50 bits per heavy atom. The molecule has 0 bridgehead atoms. The number of benzene rings is 2. The van der Waals surface area contributed by atoms with E-state index in [0.29, 0.717) is 19.1 Å². The maximum absolute atomic E-state index is 6.16. The first-order valence-electron chi connectivity index (χ1n) is 11.0. The second kappa shape index (κ2) is 11.7. The number of rotatable bonds is 8. The summed E-state index contributed by atoms with van der Waals surface area (Å²) in [6.45, 7) is 8.01. The first-order chi connectivity index (χ1) is 14.7. The highest BCUT2D eigenvalue weighted by molar-refractivity contribution is 5.79. The molecule has 5 nitrogen and oxygen atoms in total. The lowest BCUT2D eigenvalue weighted by Crippen LogP contribution is -2.42. The average molecular weight is 410 g/mol. The van der Waals surface area contributed by atoms with E-state index in [4.69, 9.17) is 14.5 Å². The Hall–Kier alpha value is -2.37. The van der Waals surface area contributed by atoms with E-state index in [-0.39, 0.29) is 6.10 Å². The molecule has 162 valence electrons. The van der Waals surface area contributed by atoms with Crippen LogP contribution in [-0.4, -0.2) is 32.8 Å². The summed E-state index contributed by atoms with van der Waals surface area (Å²) in [4.78, 5) is 4.78. The minimum atomic E-state index is 0.142. The predicted molar refractivity (Wildman–Crippen MR) is 123 cm³/mol. The molecule has 1 aliphatic rings. The Labute approximate surface area is 180 Å². The summed E-state index contributed by atoms with van der Waals surface area (Å²) in [5.41, 5.74) is 4.91. The molecule has 0 aromatic heterocycles. The Morgan fingerprint density at radius 1 is 1.07 bits per heavy atom. The summed E-state index contributed by atoms with van der Waals surface area (Å²) in [6.07, 6.45) is 2.41. The third kappa shape index (κ3) is 6.57. The highest BCUT2D eigenvalue weighted by atomic mass is 16.5. The maximum atomic E-state index is 6.16. The molecule has 2 unspecified atom stereocenters. The summed E-state index contributed by atoms with van der Waals surface area (Å²) < 4.78 is 11.3. The molecule has 2 aromatic carbocycles. The van der Waals surface area contributed by atoms with Gasteiger partial charge in [-0.3, -0.25) is 0 Å². The van der Waals surface area contributed by atoms with Gasteiger partial charge in [0.25, 0.3) is 0 Å². The fraction of sp³-hybridized carbons (Fsp3) is 0.480. The van der Waals surface area contributed by atoms with Gasteiger partial charge >= 0.3 is 0 Å². The molecule has 1 saturated heterocycles. The zero-order chi connectivity index (χ0) is 21.2. The van der Waals surface area contributed by atoms with Gasteiger partial charge in [-0.25, -0.2) is 4.99 Å². The van der Waals surface area contributed by atoms with Crippen LogP contribution in [0.2, 0.25) is 0 Å². The van der Waals surface area contributed by atoms with Gasteiger partial charge in [-0.15, -0.1) is 0 Å². The smallest absolute Gasteiger partial charge is 0.191 e. The van der Waals surface area contributed by atoms with Crippen molar-refractivity contribution >= 4 is 5.96 Å². The summed E-state index contributed by atoms with van der Waals surface area (Å²) in [6, 6.07) is 17.2. The number of hydrogen-bond donors (Lipinski definition) is 2. The minimum Gasteiger partial charge on any atom is -0.380 e. The lowest BCUT2D eigenvalue weighted by Gasteiger charge is -2.32. The van der Waals surface area contributed by atoms with Crippen LogP contribution in [0.1, 0.15) is 48.1 Å². The highest BCUT2D eigenvalue weighted by Crippen LogP contribution is 2.33. The molecule has 0 amide bonds. The Bertz CT molecular complexity index is 787. The van der Waals surface area contributed by atoms with Crippen molar-refractivity contribution in [3.63, 3.8) is 0 Å². The molecule has 0 spiro atoms. The van der Waals surface area contributed by atoms with E-state index in [1.165, 1.54) is 22.3 Å². The molecular weight excluding hydrogens is 374 g/mol. The van der Waals surface area contributed by atoms with E-state index >= 15 is 0 Å². The zero-order valence-corrected chi connectivity index (χ0v) is 18.5. The molecule has 1 fully saturated rings. The van der Waals surface area contributed by atoms with Crippen LogP contribution < -0.4 is 10.6 Å². The third-order valence-corrected chi connectivity index (χ3v) is 5.48. The lowest BCUT2D eigenvalue weighted by atomic mass is 9.89. The van der Waals surface area contributed by atoms with Crippen LogP contribution >= 0.6 is 0 Å². The monoisotopic (exact) mass is 409 g/mol. The van der Waals surface area contributed by atoms with Crippen LogP contribution in [0.3, 0.4) is 0 Å². The van der Waals surface area contributed by atoms with E-state index in [0.717, 1.165) is 38.5 Å². The topological polar surface area (TPSA) is 54.9 Å². The van der Waals surface area contributed by atoms with E-state index < -0.39 is 0 Å². The number of aryl methyl sites for hydroxylation is 1. The highest BCUT2D eigenvalue weighted by Gasteiger charge is 2.27. The van der Waals surface area contributed by atoms with Crippen molar-refractivity contribution in [2.75, 3.05) is 26.8 Å². The van der Waals surface area contributed by atoms with Crippen molar-refractivity contribution in [2.45, 2.75) is 45.9 Å². The van der Waals surface area contributed by atoms with Gasteiger partial charge in [0, 0.05) is 32.7 Å². The van der Waals surface area contributed by atoms with Gasteiger partial charge in [0.2, 0.25) is 0 Å². The predicted octanol–water partition coefficient (Wildman–Crippen LogP) is 4.36. The molecule has 5 heteroatoms. The van der Waals surface area contributed by atoms with Gasteiger partial charge in [0.15, 0.2) is 5.96 Å². The Balaban J connectivity index is 1.60. The largest absolute Gasteiger partial charge is 0.380 e. The van der Waals surface area contributed by atoms with Gasteiger partial charge in [-0.05, 0) is 43.4 Å². The number of methoxy groups -OCH3 is 1. The number of guanidine groups is 1. The van der Waals surface area contributed by atoms with Gasteiger partial charge in [-0.1, -0.05) is 54.1 Å². The maximum Gasteiger partial charge on any atom is 0.191 e. The van der Waals surface area contributed by atoms with E-state index in [9.17, 15) is 0 Å². The number of aliphatic imine (C=N–C) groups is 1. The molecule has 0 saturated carbocycles. The Morgan fingerprint density at radius 2 is 1.80 bits per heavy atom. The first-order valence-corrected chi connectivity index (χ1v) is 11.0. The molecule has 0 radical (unpaired) electrons. The zero-order valence-electron chi connectivity index (χ0n) is 18.5. The van der Waals surface area contributed by atoms with Gasteiger partial charge < -0.3 is 20.1 Å². The van der Waals surface area contributed by atoms with E-state index in [2.05, 4.69) is 73.0 Å². The molecule has 1 heterocycles. The molecule has 0 aliphatic carbocycles. The van der Waals surface area contributed by atoms with Crippen molar-refractivity contribution in [1.82, 2.24) is 10.6 Å². The first kappa shape index (κ1) is 22.3. The lowest BCUT2D eigenvalue weighted by molar-refractivity contribution is -0.0265. The fourth-order valence-corrected chi connectivity index (χ4v) is 3.82. The van der Waals surface area contributed by atoms with Crippen molar-refractivity contribution < 1.29 is 9.47 Å². The van der Waals surface area contributed by atoms with Crippen LogP contribution in [-0.2, 0) is 22.6 Å². The summed E-state index contributed by atoms with van der Waals surface area (Å²) in [7, 11) is 1.72. The van der Waals surface area contributed by atoms with E-state index in [1.807, 2.05) is 0 Å². The Kier molecular flexibility index (Phi) is 8.72. The second-order valence-electron chi connectivity index (χ2n) is 7.93. The normalized spacial score (nSPS) is 19.5. The second-order valence-corrected chi connectivity index (χ2v) is 7.93. The van der Waals surface area contributed by atoms with Crippen molar-refractivity contribution in [3.8, 4) is 0 Å². The van der Waals surface area contributed by atoms with Crippen molar-refractivity contribution in [3.05, 3.63) is 70.8 Å². The molecule has 2 atom stereocenters. The third-order valence-electron chi connectivity index (χ3n) is 5.48. The van der Waals surface area contributed by atoms with Gasteiger partial charge in [-0.2, -0.15) is 0 Å². The van der Waals surface area contributed by atoms with Crippen LogP contribution in [0.25, 0.3) is 0 Å². The van der Waals surface area contributed by atoms with Gasteiger partial charge in [0.1, 0.15) is 0 Å². The molecule has 2 aromatic rings. The minimum absolute atomic E-state index is 0.142. The SMILES string of the molecule is CCNC(=NCc1ccc(COC)cc1)NCC1CCCOC1c1ccc(C)cc1. The number of nitrogens with one attached hydrogen (secondary N) is 2. The molecule has 2 N–H and O–H groups in total. The van der Waals surface area contributed by atoms with Crippen LogP contribution in [0.4, 0.5) is 0 Å². The van der Waals surface area contributed by atoms with Crippen LogP contribution in [0, 0.1) is 12.8 Å². The van der Waals surface area contributed by atoms with Gasteiger partial charge in [0.05, 0.1) is 19.3 Å². The molecule has 30 heavy (non-hydrogen) atoms. The van der Waals surface area contributed by atoms with Crippen LogP contribution in [0.5, 0.6) is 0 Å². The molecular formula is C25H35N3O2. The molecule has 1 aliphatic heterocycles. The fourth-order valence-electron chi connectivity index (χ4n) is 3.82. The quantitative estimate of drug-likeness (QED) is 0.502. The standard InChI is InChI=1S/C25H35N3O2/c1-4-26-25(27-16-20-9-11-21(12-10-20)18-29-3)28-17-23-6-5-15-30-24(23)22-13-7-19(2)8-14-22/h7-14,23-24H,4-6,15-18H2,1-3H3,(H2,26,27,28). The average Bonchev–Trinajstić information content (AvgIpc) is 2.78.